The second kappa shape index (κ2) is 9.82. The number of hydrogen-bond donors (Lipinski definition) is 3. The first kappa shape index (κ1) is 24.7. The van der Waals surface area contributed by atoms with Gasteiger partial charge in [0.15, 0.2) is 5.82 Å². The zero-order chi connectivity index (χ0) is 26.2. The number of benzene rings is 1. The van der Waals surface area contributed by atoms with E-state index in [9.17, 15) is 17.6 Å². The first-order valence-corrected chi connectivity index (χ1v) is 12.9. The van der Waals surface area contributed by atoms with Gasteiger partial charge in [0.1, 0.15) is 11.5 Å². The summed E-state index contributed by atoms with van der Waals surface area (Å²) in [5.74, 6) is -3.42. The van der Waals surface area contributed by atoms with Crippen LogP contribution in [0.25, 0.3) is 22.2 Å². The molecule has 3 aromatic heterocycles. The number of nitrogens with one attached hydrogen (secondary N) is 3. The molecular weight excluding hydrogens is 506 g/mol. The van der Waals surface area contributed by atoms with E-state index in [1.165, 1.54) is 31.9 Å². The van der Waals surface area contributed by atoms with Crippen molar-refractivity contribution in [3.05, 3.63) is 65.7 Å². The third kappa shape index (κ3) is 5.00. The Morgan fingerprint density at radius 1 is 1.08 bits per heavy atom. The van der Waals surface area contributed by atoms with E-state index in [4.69, 9.17) is 4.74 Å². The topological polar surface area (TPSA) is 139 Å². The molecule has 0 unspecified atom stereocenters. The predicted molar refractivity (Wildman–Crippen MR) is 131 cm³/mol. The van der Waals surface area contributed by atoms with Gasteiger partial charge in [0.05, 0.1) is 18.4 Å². The number of rotatable bonds is 8. The van der Waals surface area contributed by atoms with Gasteiger partial charge in [0.25, 0.3) is 10.2 Å². The Hall–Kier alpha value is -3.97. The second-order valence-corrected chi connectivity index (χ2v) is 10.0. The van der Waals surface area contributed by atoms with Crippen molar-refractivity contribution in [3.63, 3.8) is 0 Å². The fourth-order valence-electron chi connectivity index (χ4n) is 4.33. The molecule has 0 spiro atoms. The molecule has 0 bridgehead atoms. The van der Waals surface area contributed by atoms with E-state index in [1.807, 2.05) is 0 Å². The van der Waals surface area contributed by atoms with E-state index >= 15 is 4.39 Å². The SMILES string of the molecule is COc1ncc(-c2cnc3[nH]cc(C(=O)c4c(F)ccc(NS(=O)(=O)NC5CCCC5)c4F)c3c2)cn1. The fourth-order valence-corrected chi connectivity index (χ4v) is 5.51. The minimum absolute atomic E-state index is 0.0410. The molecule has 1 aliphatic rings. The Morgan fingerprint density at radius 3 is 2.49 bits per heavy atom. The van der Waals surface area contributed by atoms with Gasteiger partial charge in [-0.2, -0.15) is 13.1 Å². The largest absolute Gasteiger partial charge is 0.467 e. The molecule has 0 amide bonds. The lowest BCUT2D eigenvalue weighted by molar-refractivity contribution is 0.103. The van der Waals surface area contributed by atoms with Crippen LogP contribution < -0.4 is 14.2 Å². The van der Waals surface area contributed by atoms with Crippen LogP contribution in [0.4, 0.5) is 14.5 Å². The van der Waals surface area contributed by atoms with Crippen LogP contribution in [0.3, 0.4) is 0 Å². The maximum Gasteiger partial charge on any atom is 0.316 e. The van der Waals surface area contributed by atoms with E-state index in [0.29, 0.717) is 35.0 Å². The van der Waals surface area contributed by atoms with E-state index in [0.717, 1.165) is 25.0 Å². The van der Waals surface area contributed by atoms with Crippen LogP contribution in [0, 0.1) is 11.6 Å². The van der Waals surface area contributed by atoms with Crippen LogP contribution in [0.1, 0.15) is 41.6 Å². The zero-order valence-electron chi connectivity index (χ0n) is 19.6. The summed E-state index contributed by atoms with van der Waals surface area (Å²) < 4.78 is 64.6. The molecule has 0 saturated heterocycles. The maximum absolute atomic E-state index is 15.4. The van der Waals surface area contributed by atoms with Crippen LogP contribution in [-0.2, 0) is 10.2 Å². The fraction of sp³-hybridized carbons (Fsp3) is 0.250. The third-order valence-corrected chi connectivity index (χ3v) is 7.29. The number of carbonyl (C=O) groups excluding carboxylic acids is 1. The minimum Gasteiger partial charge on any atom is -0.467 e. The highest BCUT2D eigenvalue weighted by Gasteiger charge is 2.27. The number of ketones is 1. The van der Waals surface area contributed by atoms with Crippen molar-refractivity contribution in [3.8, 4) is 17.1 Å². The minimum atomic E-state index is -4.14. The van der Waals surface area contributed by atoms with E-state index < -0.39 is 38.9 Å². The molecule has 1 saturated carbocycles. The molecule has 1 aliphatic carbocycles. The highest BCUT2D eigenvalue weighted by Crippen LogP contribution is 2.29. The summed E-state index contributed by atoms with van der Waals surface area (Å²) in [5, 5.41) is 0.311. The van der Waals surface area contributed by atoms with Crippen LogP contribution in [-0.4, -0.2) is 47.3 Å². The van der Waals surface area contributed by atoms with Gasteiger partial charge in [-0.15, -0.1) is 0 Å². The highest BCUT2D eigenvalue weighted by atomic mass is 32.2. The molecule has 10 nitrogen and oxygen atoms in total. The van der Waals surface area contributed by atoms with Crippen molar-refractivity contribution >= 4 is 32.7 Å². The van der Waals surface area contributed by atoms with E-state index in [2.05, 4.69) is 29.4 Å². The molecule has 13 heteroatoms. The molecule has 4 aromatic rings. The quantitative estimate of drug-likeness (QED) is 0.296. The second-order valence-electron chi connectivity index (χ2n) is 8.60. The number of aromatic nitrogens is 4. The van der Waals surface area contributed by atoms with Gasteiger partial charge in [-0.1, -0.05) is 12.8 Å². The lowest BCUT2D eigenvalue weighted by Crippen LogP contribution is -2.37. The molecule has 0 atom stereocenters. The zero-order valence-corrected chi connectivity index (χ0v) is 20.4. The van der Waals surface area contributed by atoms with Gasteiger partial charge >= 0.3 is 6.01 Å². The van der Waals surface area contributed by atoms with Crippen molar-refractivity contribution in [2.45, 2.75) is 31.7 Å². The standard InChI is InChI=1S/C24H22F2N6O4S/c1-36-24-29-10-14(11-30-24)13-8-16-17(12-28-23(16)27-9-13)22(33)20-18(25)6-7-19(21(20)26)32-37(34,35)31-15-4-2-3-5-15/h6-12,15,31-32H,2-5H2,1H3,(H,27,28). The number of aromatic amines is 1. The third-order valence-electron chi connectivity index (χ3n) is 6.16. The van der Waals surface area contributed by atoms with Gasteiger partial charge in [0, 0.05) is 52.9 Å². The Kier molecular flexibility index (Phi) is 6.56. The molecular formula is C24H22F2N6O4S. The van der Waals surface area contributed by atoms with Crippen molar-refractivity contribution in [1.29, 1.82) is 0 Å². The average molecular weight is 529 g/mol. The molecule has 3 heterocycles. The number of pyridine rings is 1. The van der Waals surface area contributed by atoms with Crippen molar-refractivity contribution in [2.24, 2.45) is 0 Å². The van der Waals surface area contributed by atoms with E-state index in [1.54, 1.807) is 6.07 Å². The molecule has 192 valence electrons. The number of H-pyrrole nitrogens is 1. The Morgan fingerprint density at radius 2 is 1.78 bits per heavy atom. The summed E-state index contributed by atoms with van der Waals surface area (Å²) in [5.41, 5.74) is -0.00681. The average Bonchev–Trinajstić information content (AvgIpc) is 3.55. The van der Waals surface area contributed by atoms with Crippen molar-refractivity contribution < 1.29 is 26.7 Å². The molecule has 1 fully saturated rings. The summed E-state index contributed by atoms with van der Waals surface area (Å²) in [7, 11) is -2.70. The summed E-state index contributed by atoms with van der Waals surface area (Å²) in [4.78, 5) is 28.5. The number of ether oxygens (including phenoxy) is 1. The van der Waals surface area contributed by atoms with Gasteiger partial charge < -0.3 is 9.72 Å². The first-order valence-electron chi connectivity index (χ1n) is 11.4. The monoisotopic (exact) mass is 528 g/mol. The van der Waals surface area contributed by atoms with Gasteiger partial charge in [-0.3, -0.25) is 9.52 Å². The Balaban J connectivity index is 1.48. The molecule has 0 radical (unpaired) electrons. The lowest BCUT2D eigenvalue weighted by Gasteiger charge is -2.15. The maximum atomic E-state index is 15.4. The summed E-state index contributed by atoms with van der Waals surface area (Å²) in [6.45, 7) is 0. The summed E-state index contributed by atoms with van der Waals surface area (Å²) in [6.07, 6.45) is 8.99. The van der Waals surface area contributed by atoms with E-state index in [-0.39, 0.29) is 17.6 Å². The number of halogens is 2. The van der Waals surface area contributed by atoms with Crippen LogP contribution in [0.15, 0.2) is 43.0 Å². The van der Waals surface area contributed by atoms with Crippen LogP contribution in [0.2, 0.25) is 0 Å². The normalized spacial score (nSPS) is 14.2. The van der Waals surface area contributed by atoms with Gasteiger partial charge in [-0.05, 0) is 31.0 Å². The lowest BCUT2D eigenvalue weighted by atomic mass is 10.0. The number of methoxy groups -OCH3 is 1. The van der Waals surface area contributed by atoms with Crippen LogP contribution >= 0.6 is 0 Å². The van der Waals surface area contributed by atoms with Gasteiger partial charge in [0.2, 0.25) is 5.78 Å². The molecule has 1 aromatic carbocycles. The summed E-state index contributed by atoms with van der Waals surface area (Å²) in [6, 6.07) is 3.32. The van der Waals surface area contributed by atoms with Crippen LogP contribution in [0.5, 0.6) is 6.01 Å². The van der Waals surface area contributed by atoms with Crippen molar-refractivity contribution in [1.82, 2.24) is 24.7 Å². The number of anilines is 1. The number of carbonyl (C=O) groups is 1. The highest BCUT2D eigenvalue weighted by molar-refractivity contribution is 7.90. The summed E-state index contributed by atoms with van der Waals surface area (Å²) >= 11 is 0. The Bertz CT molecular complexity index is 1590. The number of nitrogens with zero attached hydrogens (tertiary/aromatic N) is 3. The van der Waals surface area contributed by atoms with Gasteiger partial charge in [-0.25, -0.2) is 23.7 Å². The Labute approximate surface area is 210 Å². The number of hydrogen-bond acceptors (Lipinski definition) is 7. The molecule has 3 N–H and O–H groups in total. The first-order chi connectivity index (χ1) is 17.8. The smallest absolute Gasteiger partial charge is 0.316 e. The molecule has 37 heavy (non-hydrogen) atoms. The molecule has 5 rings (SSSR count). The molecule has 0 aliphatic heterocycles. The predicted octanol–water partition coefficient (Wildman–Crippen LogP) is 3.73. The number of fused-ring (bicyclic) bond motifs is 1. The van der Waals surface area contributed by atoms with Crippen molar-refractivity contribution in [2.75, 3.05) is 11.8 Å².